The zero-order valence-corrected chi connectivity index (χ0v) is 10.4. The first-order valence-electron chi connectivity index (χ1n) is 4.89. The van der Waals surface area contributed by atoms with E-state index in [2.05, 4.69) is 9.84 Å². The van der Waals surface area contributed by atoms with Gasteiger partial charge in [0.1, 0.15) is 6.04 Å². The Labute approximate surface area is 102 Å². The summed E-state index contributed by atoms with van der Waals surface area (Å²) >= 11 is 0. The van der Waals surface area contributed by atoms with Crippen LogP contribution in [0.4, 0.5) is 0 Å². The minimum absolute atomic E-state index is 0.0100. The third-order valence-corrected chi connectivity index (χ3v) is 2.21. The van der Waals surface area contributed by atoms with Crippen LogP contribution in [0, 0.1) is 0 Å². The van der Waals surface area contributed by atoms with Gasteiger partial charge in [0.15, 0.2) is 0 Å². The molecule has 104 valence electrons. The van der Waals surface area contributed by atoms with Gasteiger partial charge in [-0.25, -0.2) is 9.36 Å². The third-order valence-electron chi connectivity index (χ3n) is 1.77. The molecule has 0 bridgehead atoms. The lowest BCUT2D eigenvalue weighted by Gasteiger charge is -2.12. The predicted octanol–water partition coefficient (Wildman–Crippen LogP) is -0.618. The van der Waals surface area contributed by atoms with E-state index in [9.17, 15) is 18.9 Å². The van der Waals surface area contributed by atoms with E-state index in [1.807, 2.05) is 0 Å². The van der Waals surface area contributed by atoms with E-state index < -0.39 is 31.7 Å². The molecule has 18 heavy (non-hydrogen) atoms. The van der Waals surface area contributed by atoms with Crippen LogP contribution >= 0.6 is 7.82 Å². The van der Waals surface area contributed by atoms with Gasteiger partial charge in [0, 0.05) is 13.3 Å². The van der Waals surface area contributed by atoms with E-state index in [1.54, 1.807) is 0 Å². The fourth-order valence-corrected chi connectivity index (χ4v) is 1.49. The monoisotopic (exact) mass is 283 g/mol. The summed E-state index contributed by atoms with van der Waals surface area (Å²) in [4.78, 5) is 48.9. The molecule has 9 nitrogen and oxygen atoms in total. The Kier molecular flexibility index (Phi) is 6.53. The predicted molar refractivity (Wildman–Crippen MR) is 57.2 cm³/mol. The number of rotatable bonds is 7. The number of carbonyl (C=O) groups is 3. The lowest BCUT2D eigenvalue weighted by Crippen LogP contribution is -2.39. The molecule has 10 heteroatoms. The largest absolute Gasteiger partial charge is 0.526 e. The Morgan fingerprint density at radius 2 is 1.89 bits per heavy atom. The topological polar surface area (TPSA) is 150 Å². The third kappa shape index (κ3) is 8.68. The molecule has 0 aliphatic rings. The summed E-state index contributed by atoms with van der Waals surface area (Å²) in [6.07, 6.45) is -0.393. The number of hydrogen-bond acceptors (Lipinski definition) is 5. The lowest BCUT2D eigenvalue weighted by molar-refractivity contribution is -0.142. The molecule has 0 fully saturated rings. The maximum absolute atomic E-state index is 10.9. The Morgan fingerprint density at radius 1 is 1.33 bits per heavy atom. The molecule has 4 N–H and O–H groups in total. The van der Waals surface area contributed by atoms with E-state index in [1.165, 1.54) is 0 Å². The second-order valence-electron chi connectivity index (χ2n) is 3.44. The van der Waals surface area contributed by atoms with Crippen LogP contribution in [-0.4, -0.2) is 38.8 Å². The van der Waals surface area contributed by atoms with Crippen LogP contribution in [0.15, 0.2) is 0 Å². The first-order valence-corrected chi connectivity index (χ1v) is 6.42. The van der Waals surface area contributed by atoms with Crippen LogP contribution in [0.2, 0.25) is 0 Å². The standard InChI is InChI=1S/C8H14NO8P/c1-5(10)9-6(8(12)13)3-2-4-7(11)17-18(14,15)16/h6H,2-4H2,1H3,(H,9,10)(H,12,13)(H2,14,15,16)/t6-/m0/s1. The van der Waals surface area contributed by atoms with E-state index in [0.717, 1.165) is 6.92 Å². The number of amides is 1. The molecule has 1 amide bonds. The second-order valence-corrected chi connectivity index (χ2v) is 4.60. The van der Waals surface area contributed by atoms with Gasteiger partial charge in [-0.1, -0.05) is 0 Å². The Morgan fingerprint density at radius 3 is 2.28 bits per heavy atom. The lowest BCUT2D eigenvalue weighted by atomic mass is 10.1. The highest BCUT2D eigenvalue weighted by Gasteiger charge is 2.22. The molecule has 0 aromatic carbocycles. The van der Waals surface area contributed by atoms with Gasteiger partial charge in [-0.3, -0.25) is 19.4 Å². The number of carbonyl (C=O) groups excluding carboxylic acids is 2. The molecule has 0 rings (SSSR count). The molecule has 0 aromatic heterocycles. The highest BCUT2D eigenvalue weighted by Crippen LogP contribution is 2.36. The average Bonchev–Trinajstić information content (AvgIpc) is 2.12. The van der Waals surface area contributed by atoms with Gasteiger partial charge >= 0.3 is 19.8 Å². The molecule has 0 radical (unpaired) electrons. The fourth-order valence-electron chi connectivity index (χ4n) is 1.13. The molecule has 0 heterocycles. The molecule has 0 unspecified atom stereocenters. The molecule has 0 aliphatic heterocycles. The molecular formula is C8H14NO8P. The maximum atomic E-state index is 10.9. The zero-order chi connectivity index (χ0) is 14.3. The molecule has 0 saturated heterocycles. The first-order chi connectivity index (χ1) is 8.11. The van der Waals surface area contributed by atoms with Crippen molar-refractivity contribution in [2.24, 2.45) is 0 Å². The smallest absolute Gasteiger partial charge is 0.480 e. The molecule has 0 aromatic rings. The van der Waals surface area contributed by atoms with Crippen molar-refractivity contribution in [3.63, 3.8) is 0 Å². The van der Waals surface area contributed by atoms with Crippen LogP contribution in [-0.2, 0) is 23.5 Å². The van der Waals surface area contributed by atoms with Crippen molar-refractivity contribution in [2.45, 2.75) is 32.2 Å². The molecule has 0 aliphatic carbocycles. The van der Waals surface area contributed by atoms with Crippen molar-refractivity contribution in [1.82, 2.24) is 5.32 Å². The Hall–Kier alpha value is -1.44. The Bertz CT molecular complexity index is 375. The molecule has 0 saturated carbocycles. The van der Waals surface area contributed by atoms with Crippen molar-refractivity contribution in [3.05, 3.63) is 0 Å². The van der Waals surface area contributed by atoms with Crippen molar-refractivity contribution < 1.29 is 38.4 Å². The minimum Gasteiger partial charge on any atom is -0.480 e. The number of hydrogen-bond donors (Lipinski definition) is 4. The van der Waals surface area contributed by atoms with Crippen molar-refractivity contribution in [2.75, 3.05) is 0 Å². The second kappa shape index (κ2) is 7.10. The van der Waals surface area contributed by atoms with Crippen LogP contribution in [0.25, 0.3) is 0 Å². The average molecular weight is 283 g/mol. The van der Waals surface area contributed by atoms with Gasteiger partial charge in [0.2, 0.25) is 5.91 Å². The highest BCUT2D eigenvalue weighted by atomic mass is 31.2. The van der Waals surface area contributed by atoms with E-state index in [4.69, 9.17) is 14.9 Å². The zero-order valence-electron chi connectivity index (χ0n) is 9.53. The summed E-state index contributed by atoms with van der Waals surface area (Å²) in [7, 11) is -4.86. The van der Waals surface area contributed by atoms with E-state index in [0.29, 0.717) is 0 Å². The molecule has 1 atom stereocenters. The van der Waals surface area contributed by atoms with Crippen molar-refractivity contribution >= 4 is 25.7 Å². The van der Waals surface area contributed by atoms with Gasteiger partial charge in [-0.15, -0.1) is 0 Å². The van der Waals surface area contributed by atoms with Crippen molar-refractivity contribution in [3.8, 4) is 0 Å². The van der Waals surface area contributed by atoms with Gasteiger partial charge in [0.25, 0.3) is 0 Å². The van der Waals surface area contributed by atoms with E-state index >= 15 is 0 Å². The number of carboxylic acid groups (broad SMARTS) is 1. The van der Waals surface area contributed by atoms with Gasteiger partial charge in [-0.05, 0) is 12.8 Å². The van der Waals surface area contributed by atoms with Crippen LogP contribution < -0.4 is 5.32 Å². The summed E-state index contributed by atoms with van der Waals surface area (Å²) in [5, 5.41) is 10.9. The summed E-state index contributed by atoms with van der Waals surface area (Å²) in [6, 6.07) is -1.15. The number of nitrogens with one attached hydrogen (secondary N) is 1. The van der Waals surface area contributed by atoms with Crippen LogP contribution in [0.5, 0.6) is 0 Å². The molecule has 0 spiro atoms. The summed E-state index contributed by atoms with van der Waals surface area (Å²) in [5.74, 6) is -2.91. The number of carboxylic acids is 1. The number of phosphoric acid groups is 1. The Balaban J connectivity index is 4.07. The number of aliphatic carboxylic acids is 1. The van der Waals surface area contributed by atoms with Gasteiger partial charge < -0.3 is 14.9 Å². The van der Waals surface area contributed by atoms with E-state index in [-0.39, 0.29) is 19.3 Å². The highest BCUT2D eigenvalue weighted by molar-refractivity contribution is 7.46. The summed E-state index contributed by atoms with van der Waals surface area (Å²) in [6.45, 7) is 1.15. The fraction of sp³-hybridized carbons (Fsp3) is 0.625. The minimum atomic E-state index is -4.86. The summed E-state index contributed by atoms with van der Waals surface area (Å²) in [5.41, 5.74) is 0. The summed E-state index contributed by atoms with van der Waals surface area (Å²) < 4.78 is 14.0. The van der Waals surface area contributed by atoms with Crippen LogP contribution in [0.1, 0.15) is 26.2 Å². The van der Waals surface area contributed by atoms with Crippen molar-refractivity contribution in [1.29, 1.82) is 0 Å². The number of phosphoric ester groups is 1. The normalized spacial score (nSPS) is 12.6. The molecular weight excluding hydrogens is 269 g/mol. The van der Waals surface area contributed by atoms with Gasteiger partial charge in [0.05, 0.1) is 0 Å². The SMILES string of the molecule is CC(=O)N[C@@H](CCCC(=O)OP(=O)(O)O)C(=O)O. The maximum Gasteiger partial charge on any atom is 0.526 e. The van der Waals surface area contributed by atoms with Gasteiger partial charge in [-0.2, -0.15) is 0 Å². The van der Waals surface area contributed by atoms with Crippen LogP contribution in [0.3, 0.4) is 0 Å². The quantitative estimate of drug-likeness (QED) is 0.451. The first kappa shape index (κ1) is 16.6.